The molecule has 0 spiro atoms. The zero-order valence-corrected chi connectivity index (χ0v) is 11.6. The van der Waals surface area contributed by atoms with E-state index in [4.69, 9.17) is 0 Å². The molecule has 1 saturated heterocycles. The molecule has 0 aromatic heterocycles. The summed E-state index contributed by atoms with van der Waals surface area (Å²) in [5, 5.41) is 6.47. The van der Waals surface area contributed by atoms with Crippen molar-refractivity contribution in [2.24, 2.45) is 0 Å². The van der Waals surface area contributed by atoms with E-state index < -0.39 is 0 Å². The molecule has 2 aliphatic rings. The lowest BCUT2D eigenvalue weighted by molar-refractivity contribution is -0.121. The van der Waals surface area contributed by atoms with Gasteiger partial charge in [-0.3, -0.25) is 9.69 Å². The Bertz CT molecular complexity index is 260. The van der Waals surface area contributed by atoms with E-state index in [-0.39, 0.29) is 5.91 Å². The second-order valence-corrected chi connectivity index (χ2v) is 5.56. The fourth-order valence-corrected chi connectivity index (χ4v) is 2.77. The standard InChI is InChI=1S/C14H27N3O/c1-2-17(13-6-7-13)10-9-16-14(18)11-12-5-3-4-8-15-12/h12-13,15H,2-11H2,1H3,(H,16,18). The maximum atomic E-state index is 11.8. The van der Waals surface area contributed by atoms with Gasteiger partial charge in [0.15, 0.2) is 0 Å². The number of rotatable bonds is 7. The molecule has 1 saturated carbocycles. The van der Waals surface area contributed by atoms with Gasteiger partial charge in [0.25, 0.3) is 0 Å². The van der Waals surface area contributed by atoms with Crippen LogP contribution < -0.4 is 10.6 Å². The molecule has 0 bridgehead atoms. The summed E-state index contributed by atoms with van der Waals surface area (Å²) in [7, 11) is 0. The highest BCUT2D eigenvalue weighted by Crippen LogP contribution is 2.25. The van der Waals surface area contributed by atoms with Crippen molar-refractivity contribution < 1.29 is 4.79 Å². The average Bonchev–Trinajstić information content (AvgIpc) is 3.20. The van der Waals surface area contributed by atoms with Gasteiger partial charge >= 0.3 is 0 Å². The van der Waals surface area contributed by atoms with Crippen molar-refractivity contribution in [2.45, 2.75) is 57.5 Å². The zero-order chi connectivity index (χ0) is 12.8. The number of piperidine rings is 1. The van der Waals surface area contributed by atoms with E-state index >= 15 is 0 Å². The van der Waals surface area contributed by atoms with Crippen LogP contribution in [0.4, 0.5) is 0 Å². The van der Waals surface area contributed by atoms with Gasteiger partial charge in [0.05, 0.1) is 0 Å². The average molecular weight is 253 g/mol. The molecule has 1 atom stereocenters. The van der Waals surface area contributed by atoms with E-state index in [9.17, 15) is 4.79 Å². The number of hydrogen-bond acceptors (Lipinski definition) is 3. The van der Waals surface area contributed by atoms with E-state index in [0.29, 0.717) is 12.5 Å². The molecule has 1 heterocycles. The summed E-state index contributed by atoms with van der Waals surface area (Å²) in [5.41, 5.74) is 0. The van der Waals surface area contributed by atoms with E-state index in [2.05, 4.69) is 22.5 Å². The first kappa shape index (κ1) is 13.8. The molecule has 1 unspecified atom stereocenters. The molecule has 0 aromatic carbocycles. The van der Waals surface area contributed by atoms with Gasteiger partial charge in [0, 0.05) is 31.6 Å². The maximum Gasteiger partial charge on any atom is 0.221 e. The molecule has 1 aliphatic carbocycles. The SMILES string of the molecule is CCN(CCNC(=O)CC1CCCCN1)C1CC1. The summed E-state index contributed by atoms with van der Waals surface area (Å²) < 4.78 is 0. The number of carbonyl (C=O) groups is 1. The molecular formula is C14H27N3O. The smallest absolute Gasteiger partial charge is 0.221 e. The van der Waals surface area contributed by atoms with Gasteiger partial charge in [-0.15, -0.1) is 0 Å². The minimum absolute atomic E-state index is 0.209. The number of likely N-dealkylation sites (N-methyl/N-ethyl adjacent to an activating group) is 1. The third-order valence-corrected chi connectivity index (χ3v) is 4.03. The largest absolute Gasteiger partial charge is 0.355 e. The first-order valence-electron chi connectivity index (χ1n) is 7.53. The molecule has 1 amide bonds. The van der Waals surface area contributed by atoms with Crippen molar-refractivity contribution >= 4 is 5.91 Å². The third kappa shape index (κ3) is 4.58. The van der Waals surface area contributed by atoms with Crippen LogP contribution in [0.5, 0.6) is 0 Å². The lowest BCUT2D eigenvalue weighted by Crippen LogP contribution is -2.41. The summed E-state index contributed by atoms with van der Waals surface area (Å²) >= 11 is 0. The second-order valence-electron chi connectivity index (χ2n) is 5.56. The van der Waals surface area contributed by atoms with Crippen molar-refractivity contribution in [2.75, 3.05) is 26.2 Å². The van der Waals surface area contributed by atoms with Crippen LogP contribution in [0.25, 0.3) is 0 Å². The molecule has 18 heavy (non-hydrogen) atoms. The van der Waals surface area contributed by atoms with Gasteiger partial charge in [-0.25, -0.2) is 0 Å². The first-order valence-corrected chi connectivity index (χ1v) is 7.53. The van der Waals surface area contributed by atoms with Gasteiger partial charge in [-0.05, 0) is 38.8 Å². The highest BCUT2D eigenvalue weighted by molar-refractivity contribution is 5.76. The fourth-order valence-electron chi connectivity index (χ4n) is 2.77. The van der Waals surface area contributed by atoms with Crippen LogP contribution in [0.15, 0.2) is 0 Å². The van der Waals surface area contributed by atoms with Crippen molar-refractivity contribution in [1.82, 2.24) is 15.5 Å². The Hall–Kier alpha value is -0.610. The molecule has 0 radical (unpaired) electrons. The molecule has 2 N–H and O–H groups in total. The highest BCUT2D eigenvalue weighted by atomic mass is 16.1. The number of carbonyl (C=O) groups excluding carboxylic acids is 1. The second kappa shape index (κ2) is 7.10. The molecule has 2 fully saturated rings. The van der Waals surface area contributed by atoms with Crippen LogP contribution in [-0.2, 0) is 4.79 Å². The van der Waals surface area contributed by atoms with Crippen molar-refractivity contribution in [3.05, 3.63) is 0 Å². The monoisotopic (exact) mass is 253 g/mol. The lowest BCUT2D eigenvalue weighted by atomic mass is 10.0. The predicted molar refractivity (Wildman–Crippen MR) is 73.5 cm³/mol. The van der Waals surface area contributed by atoms with E-state index in [0.717, 1.165) is 38.6 Å². The van der Waals surface area contributed by atoms with Crippen molar-refractivity contribution in [3.63, 3.8) is 0 Å². The molecule has 2 rings (SSSR count). The summed E-state index contributed by atoms with van der Waals surface area (Å²) in [6.45, 7) is 6.18. The van der Waals surface area contributed by atoms with Crippen LogP contribution in [0.1, 0.15) is 45.4 Å². The van der Waals surface area contributed by atoms with Crippen molar-refractivity contribution in [3.8, 4) is 0 Å². The molecule has 104 valence electrons. The van der Waals surface area contributed by atoms with Gasteiger partial charge in [-0.1, -0.05) is 13.3 Å². The Labute approximate surface area is 110 Å². The normalized spacial score (nSPS) is 24.2. The topological polar surface area (TPSA) is 44.4 Å². The number of nitrogens with zero attached hydrogens (tertiary/aromatic N) is 1. The minimum atomic E-state index is 0.209. The van der Waals surface area contributed by atoms with Gasteiger partial charge < -0.3 is 10.6 Å². The van der Waals surface area contributed by atoms with Gasteiger partial charge in [0.2, 0.25) is 5.91 Å². The Balaban J connectivity index is 1.56. The molecule has 0 aromatic rings. The van der Waals surface area contributed by atoms with Crippen LogP contribution in [0.2, 0.25) is 0 Å². The Kier molecular flexibility index (Phi) is 5.45. The Morgan fingerprint density at radius 1 is 1.33 bits per heavy atom. The summed E-state index contributed by atoms with van der Waals surface area (Å²) in [6.07, 6.45) is 6.99. The molecular weight excluding hydrogens is 226 g/mol. The van der Waals surface area contributed by atoms with Crippen LogP contribution in [0, 0.1) is 0 Å². The summed E-state index contributed by atoms with van der Waals surface area (Å²) in [4.78, 5) is 14.3. The van der Waals surface area contributed by atoms with Gasteiger partial charge in [-0.2, -0.15) is 0 Å². The third-order valence-electron chi connectivity index (χ3n) is 4.03. The van der Waals surface area contributed by atoms with E-state index in [1.54, 1.807) is 0 Å². The highest BCUT2D eigenvalue weighted by Gasteiger charge is 2.27. The number of nitrogens with one attached hydrogen (secondary N) is 2. The van der Waals surface area contributed by atoms with E-state index in [1.807, 2.05) is 0 Å². The van der Waals surface area contributed by atoms with Crippen LogP contribution >= 0.6 is 0 Å². The van der Waals surface area contributed by atoms with E-state index in [1.165, 1.54) is 25.7 Å². The predicted octanol–water partition coefficient (Wildman–Crippen LogP) is 1.12. The minimum Gasteiger partial charge on any atom is -0.355 e. The first-order chi connectivity index (χ1) is 8.79. The zero-order valence-electron chi connectivity index (χ0n) is 11.6. The Morgan fingerprint density at radius 3 is 2.78 bits per heavy atom. The summed E-state index contributed by atoms with van der Waals surface area (Å²) in [6, 6.07) is 1.20. The Morgan fingerprint density at radius 2 is 2.17 bits per heavy atom. The quantitative estimate of drug-likeness (QED) is 0.714. The molecule has 1 aliphatic heterocycles. The van der Waals surface area contributed by atoms with Crippen molar-refractivity contribution in [1.29, 1.82) is 0 Å². The van der Waals surface area contributed by atoms with Gasteiger partial charge in [0.1, 0.15) is 0 Å². The van der Waals surface area contributed by atoms with Crippen LogP contribution in [-0.4, -0.2) is 49.1 Å². The van der Waals surface area contributed by atoms with Crippen LogP contribution in [0.3, 0.4) is 0 Å². The lowest BCUT2D eigenvalue weighted by Gasteiger charge is -2.23. The fraction of sp³-hybridized carbons (Fsp3) is 0.929. The summed E-state index contributed by atoms with van der Waals surface area (Å²) in [5.74, 6) is 0.209. The molecule has 4 nitrogen and oxygen atoms in total. The number of hydrogen-bond donors (Lipinski definition) is 2. The molecule has 4 heteroatoms. The number of amides is 1. The maximum absolute atomic E-state index is 11.8.